The number of aldehydes is 1. The molecule has 0 heterocycles. The molecule has 3 nitrogen and oxygen atoms in total. The van der Waals surface area contributed by atoms with Crippen LogP contribution in [0.2, 0.25) is 5.02 Å². The Morgan fingerprint density at radius 2 is 1.76 bits per heavy atom. The van der Waals surface area contributed by atoms with E-state index in [1.165, 1.54) is 5.56 Å². The van der Waals surface area contributed by atoms with Crippen LogP contribution in [-0.2, 0) is 6.61 Å². The molecule has 0 aromatic heterocycles. The molecule has 0 aliphatic heterocycles. The lowest BCUT2D eigenvalue weighted by Crippen LogP contribution is -2.01. The first-order valence-electron chi connectivity index (χ1n) is 6.74. The molecule has 2 rings (SSSR count). The van der Waals surface area contributed by atoms with Gasteiger partial charge in [-0.15, -0.1) is 0 Å². The molecule has 0 aliphatic rings. The maximum atomic E-state index is 10.9. The quantitative estimate of drug-likeness (QED) is 0.740. The van der Waals surface area contributed by atoms with Crippen LogP contribution in [0.15, 0.2) is 36.4 Å². The SMILES string of the molecule is CCOc1cc(C=O)c(Cl)cc1OCc1ccc(C)cc1. The van der Waals surface area contributed by atoms with Crippen molar-refractivity contribution in [3.8, 4) is 11.5 Å². The number of halogens is 1. The van der Waals surface area contributed by atoms with Crippen LogP contribution in [0.25, 0.3) is 0 Å². The highest BCUT2D eigenvalue weighted by molar-refractivity contribution is 6.33. The summed E-state index contributed by atoms with van der Waals surface area (Å²) in [5.74, 6) is 1.06. The van der Waals surface area contributed by atoms with E-state index < -0.39 is 0 Å². The molecule has 0 aliphatic carbocycles. The zero-order chi connectivity index (χ0) is 15.2. The number of hydrogen-bond acceptors (Lipinski definition) is 3. The average molecular weight is 305 g/mol. The predicted molar refractivity (Wildman–Crippen MR) is 83.5 cm³/mol. The van der Waals surface area contributed by atoms with Crippen LogP contribution >= 0.6 is 11.6 Å². The first-order chi connectivity index (χ1) is 10.1. The second-order valence-corrected chi connectivity index (χ2v) is 5.05. The van der Waals surface area contributed by atoms with Crippen LogP contribution in [0.5, 0.6) is 11.5 Å². The Balaban J connectivity index is 2.19. The molecule has 2 aromatic rings. The van der Waals surface area contributed by atoms with Gasteiger partial charge in [0.15, 0.2) is 17.8 Å². The van der Waals surface area contributed by atoms with Gasteiger partial charge in [0.05, 0.1) is 11.6 Å². The topological polar surface area (TPSA) is 35.5 Å². The number of carbonyl (C=O) groups excluding carboxylic acids is 1. The van der Waals surface area contributed by atoms with Gasteiger partial charge in [-0.3, -0.25) is 4.79 Å². The number of benzene rings is 2. The normalized spacial score (nSPS) is 10.2. The third-order valence-corrected chi connectivity index (χ3v) is 3.33. The van der Waals surface area contributed by atoms with Crippen LogP contribution in [0.3, 0.4) is 0 Å². The maximum Gasteiger partial charge on any atom is 0.163 e. The van der Waals surface area contributed by atoms with Gasteiger partial charge in [-0.1, -0.05) is 41.4 Å². The van der Waals surface area contributed by atoms with E-state index in [-0.39, 0.29) is 0 Å². The highest BCUT2D eigenvalue weighted by Gasteiger charge is 2.11. The zero-order valence-corrected chi connectivity index (χ0v) is 12.8. The molecule has 0 unspecified atom stereocenters. The first-order valence-corrected chi connectivity index (χ1v) is 7.11. The lowest BCUT2D eigenvalue weighted by molar-refractivity contribution is 0.112. The van der Waals surface area contributed by atoms with E-state index in [0.717, 1.165) is 5.56 Å². The predicted octanol–water partition coefficient (Wildman–Crippen LogP) is 4.44. The summed E-state index contributed by atoms with van der Waals surface area (Å²) in [5.41, 5.74) is 2.65. The van der Waals surface area contributed by atoms with Crippen molar-refractivity contribution in [3.05, 3.63) is 58.1 Å². The molecule has 0 saturated heterocycles. The molecule has 0 amide bonds. The Labute approximate surface area is 129 Å². The molecule has 110 valence electrons. The molecule has 0 saturated carbocycles. The van der Waals surface area contributed by atoms with Crippen molar-refractivity contribution in [3.63, 3.8) is 0 Å². The maximum absolute atomic E-state index is 10.9. The van der Waals surface area contributed by atoms with Crippen LogP contribution in [0, 0.1) is 6.92 Å². The largest absolute Gasteiger partial charge is 0.490 e. The van der Waals surface area contributed by atoms with Gasteiger partial charge in [-0.05, 0) is 25.5 Å². The van der Waals surface area contributed by atoms with Gasteiger partial charge < -0.3 is 9.47 Å². The van der Waals surface area contributed by atoms with Crippen molar-refractivity contribution < 1.29 is 14.3 Å². The summed E-state index contributed by atoms with van der Waals surface area (Å²) in [6, 6.07) is 11.3. The number of rotatable bonds is 6. The number of carbonyl (C=O) groups is 1. The van der Waals surface area contributed by atoms with Crippen molar-refractivity contribution in [2.75, 3.05) is 6.61 Å². The minimum Gasteiger partial charge on any atom is -0.490 e. The smallest absolute Gasteiger partial charge is 0.163 e. The fraction of sp³-hybridized carbons (Fsp3) is 0.235. The Morgan fingerprint density at radius 1 is 1.10 bits per heavy atom. The Morgan fingerprint density at radius 3 is 2.38 bits per heavy atom. The van der Waals surface area contributed by atoms with Gasteiger partial charge in [0.25, 0.3) is 0 Å². The summed E-state index contributed by atoms with van der Waals surface area (Å²) >= 11 is 6.04. The summed E-state index contributed by atoms with van der Waals surface area (Å²) in [4.78, 5) is 10.9. The molecule has 21 heavy (non-hydrogen) atoms. The molecule has 0 N–H and O–H groups in total. The Kier molecular flexibility index (Phi) is 5.23. The molecule has 0 radical (unpaired) electrons. The summed E-state index contributed by atoms with van der Waals surface area (Å²) < 4.78 is 11.3. The highest BCUT2D eigenvalue weighted by atomic mass is 35.5. The van der Waals surface area contributed by atoms with E-state index in [0.29, 0.717) is 41.6 Å². The second-order valence-electron chi connectivity index (χ2n) is 4.65. The van der Waals surface area contributed by atoms with E-state index >= 15 is 0 Å². The number of hydrogen-bond donors (Lipinski definition) is 0. The van der Waals surface area contributed by atoms with Crippen molar-refractivity contribution in [1.29, 1.82) is 0 Å². The van der Waals surface area contributed by atoms with E-state index in [9.17, 15) is 4.79 Å². The monoisotopic (exact) mass is 304 g/mol. The summed E-state index contributed by atoms with van der Waals surface area (Å²) in [5, 5.41) is 0.354. The molecular formula is C17H17ClO3. The fourth-order valence-corrected chi connectivity index (χ4v) is 2.07. The van der Waals surface area contributed by atoms with Crippen molar-refractivity contribution >= 4 is 17.9 Å². The van der Waals surface area contributed by atoms with Gasteiger partial charge in [-0.25, -0.2) is 0 Å². The first kappa shape index (κ1) is 15.4. The molecule has 4 heteroatoms. The average Bonchev–Trinajstić information content (AvgIpc) is 2.49. The molecule has 0 bridgehead atoms. The van der Waals surface area contributed by atoms with E-state index in [1.54, 1.807) is 12.1 Å². The van der Waals surface area contributed by atoms with Crippen LogP contribution in [-0.4, -0.2) is 12.9 Å². The van der Waals surface area contributed by atoms with Gasteiger partial charge in [-0.2, -0.15) is 0 Å². The summed E-state index contributed by atoms with van der Waals surface area (Å²) in [7, 11) is 0. The zero-order valence-electron chi connectivity index (χ0n) is 12.1. The number of aryl methyl sites for hydroxylation is 1. The Bertz CT molecular complexity index is 621. The Hall–Kier alpha value is -2.00. The molecule has 0 fully saturated rings. The fourth-order valence-electron chi connectivity index (χ4n) is 1.87. The van der Waals surface area contributed by atoms with E-state index in [4.69, 9.17) is 21.1 Å². The minimum absolute atomic E-state index is 0.354. The lowest BCUT2D eigenvalue weighted by atomic mass is 10.2. The number of ether oxygens (including phenoxy) is 2. The molecule has 2 aromatic carbocycles. The van der Waals surface area contributed by atoms with Crippen molar-refractivity contribution in [2.45, 2.75) is 20.5 Å². The van der Waals surface area contributed by atoms with Crippen LogP contribution < -0.4 is 9.47 Å². The van der Waals surface area contributed by atoms with Crippen LogP contribution in [0.1, 0.15) is 28.4 Å². The minimum atomic E-state index is 0.354. The summed E-state index contributed by atoms with van der Waals surface area (Å²) in [6.07, 6.45) is 0.703. The van der Waals surface area contributed by atoms with Gasteiger partial charge >= 0.3 is 0 Å². The van der Waals surface area contributed by atoms with Crippen molar-refractivity contribution in [1.82, 2.24) is 0 Å². The third kappa shape index (κ3) is 3.99. The third-order valence-electron chi connectivity index (χ3n) is 3.00. The van der Waals surface area contributed by atoms with E-state index in [2.05, 4.69) is 0 Å². The van der Waals surface area contributed by atoms with Crippen molar-refractivity contribution in [2.24, 2.45) is 0 Å². The highest BCUT2D eigenvalue weighted by Crippen LogP contribution is 2.33. The molecule has 0 atom stereocenters. The van der Waals surface area contributed by atoms with E-state index in [1.807, 2.05) is 38.1 Å². The summed E-state index contributed by atoms with van der Waals surface area (Å²) in [6.45, 7) is 4.81. The van der Waals surface area contributed by atoms with Gasteiger partial charge in [0.1, 0.15) is 6.61 Å². The molecule has 0 spiro atoms. The van der Waals surface area contributed by atoms with Crippen LogP contribution in [0.4, 0.5) is 0 Å². The van der Waals surface area contributed by atoms with Gasteiger partial charge in [0.2, 0.25) is 0 Å². The lowest BCUT2D eigenvalue weighted by Gasteiger charge is -2.13. The van der Waals surface area contributed by atoms with Gasteiger partial charge in [0, 0.05) is 11.6 Å². The standard InChI is InChI=1S/C17H17ClO3/c1-3-20-16-8-14(10-19)15(18)9-17(16)21-11-13-6-4-12(2)5-7-13/h4-10H,3,11H2,1-2H3. The molecular weight excluding hydrogens is 288 g/mol. The second kappa shape index (κ2) is 7.14.